The van der Waals surface area contributed by atoms with E-state index < -0.39 is 0 Å². The summed E-state index contributed by atoms with van der Waals surface area (Å²) in [5.41, 5.74) is 1.41. The monoisotopic (exact) mass is 261 g/mol. The summed E-state index contributed by atoms with van der Waals surface area (Å²) in [7, 11) is 0. The Hall–Kier alpha value is -1.68. The fourth-order valence-corrected chi connectivity index (χ4v) is 2.28. The lowest BCUT2D eigenvalue weighted by atomic mass is 10.00. The number of amides is 1. The van der Waals surface area contributed by atoms with Crippen LogP contribution >= 0.6 is 0 Å². The highest BCUT2D eigenvalue weighted by Crippen LogP contribution is 2.27. The smallest absolute Gasteiger partial charge is 0.227 e. The lowest BCUT2D eigenvalue weighted by molar-refractivity contribution is -0.119. The van der Waals surface area contributed by atoms with Crippen LogP contribution < -0.4 is 4.90 Å². The minimum Gasteiger partial charge on any atom is -0.382 e. The Bertz CT molecular complexity index is 470. The van der Waals surface area contributed by atoms with E-state index in [2.05, 4.69) is 0 Å². The van der Waals surface area contributed by atoms with E-state index in [4.69, 9.17) is 4.74 Å². The van der Waals surface area contributed by atoms with Crippen molar-refractivity contribution in [3.05, 3.63) is 29.8 Å². The number of nitrogens with zero attached hydrogens (tertiary/aromatic N) is 1. The Morgan fingerprint density at radius 1 is 1.37 bits per heavy atom. The summed E-state index contributed by atoms with van der Waals surface area (Å²) in [6, 6.07) is 7.32. The third-order valence-corrected chi connectivity index (χ3v) is 3.24. The number of ketones is 1. The quantitative estimate of drug-likeness (QED) is 0.765. The molecule has 0 atom stereocenters. The number of carbonyl (C=O) groups excluding carboxylic acids is 2. The van der Waals surface area contributed by atoms with E-state index in [0.29, 0.717) is 38.2 Å². The van der Waals surface area contributed by atoms with Crippen molar-refractivity contribution in [2.75, 3.05) is 24.7 Å². The minimum atomic E-state index is 0.0691. The maximum absolute atomic E-state index is 12.2. The molecule has 4 heteroatoms. The summed E-state index contributed by atoms with van der Waals surface area (Å²) in [5.74, 6) is 0.189. The van der Waals surface area contributed by atoms with Gasteiger partial charge in [0.2, 0.25) is 5.91 Å². The maximum Gasteiger partial charge on any atom is 0.227 e. The second-order valence-corrected chi connectivity index (χ2v) is 4.54. The van der Waals surface area contributed by atoms with Gasteiger partial charge in [-0.05, 0) is 25.5 Å². The van der Waals surface area contributed by atoms with Gasteiger partial charge >= 0.3 is 0 Å². The summed E-state index contributed by atoms with van der Waals surface area (Å²) < 4.78 is 5.23. The average molecular weight is 261 g/mol. The Kier molecular flexibility index (Phi) is 4.68. The van der Waals surface area contributed by atoms with E-state index in [1.54, 1.807) is 11.0 Å². The van der Waals surface area contributed by atoms with Crippen LogP contribution in [0.1, 0.15) is 36.5 Å². The van der Waals surface area contributed by atoms with E-state index in [1.165, 1.54) is 0 Å². The van der Waals surface area contributed by atoms with Crippen molar-refractivity contribution in [2.24, 2.45) is 0 Å². The fourth-order valence-electron chi connectivity index (χ4n) is 2.28. The molecule has 0 bridgehead atoms. The highest BCUT2D eigenvalue weighted by Gasteiger charge is 2.26. The number of carbonyl (C=O) groups is 2. The predicted molar refractivity (Wildman–Crippen MR) is 73.5 cm³/mol. The topological polar surface area (TPSA) is 46.6 Å². The molecule has 0 aliphatic carbocycles. The minimum absolute atomic E-state index is 0.0691. The van der Waals surface area contributed by atoms with Gasteiger partial charge in [0.1, 0.15) is 0 Å². The van der Waals surface area contributed by atoms with Crippen molar-refractivity contribution in [3.8, 4) is 0 Å². The fraction of sp³-hybridized carbons (Fsp3) is 0.467. The van der Waals surface area contributed by atoms with Crippen molar-refractivity contribution in [1.82, 2.24) is 0 Å². The van der Waals surface area contributed by atoms with Crippen LogP contribution in [-0.2, 0) is 9.53 Å². The van der Waals surface area contributed by atoms with Gasteiger partial charge in [-0.1, -0.05) is 12.1 Å². The van der Waals surface area contributed by atoms with Crippen LogP contribution in [-0.4, -0.2) is 31.4 Å². The number of hydrogen-bond acceptors (Lipinski definition) is 3. The number of benzene rings is 1. The Morgan fingerprint density at radius 2 is 2.16 bits per heavy atom. The Balaban J connectivity index is 2.03. The van der Waals surface area contributed by atoms with Crippen LogP contribution in [0.3, 0.4) is 0 Å². The van der Waals surface area contributed by atoms with Gasteiger partial charge in [0.05, 0.1) is 5.69 Å². The SMILES string of the molecule is CCOCCCC(=O)N1CCC(=O)c2ccccc21. The van der Waals surface area contributed by atoms with Crippen LogP contribution in [0.5, 0.6) is 0 Å². The van der Waals surface area contributed by atoms with Gasteiger partial charge in [0.15, 0.2) is 5.78 Å². The summed E-state index contributed by atoms with van der Waals surface area (Å²) in [4.78, 5) is 25.7. The number of hydrogen-bond donors (Lipinski definition) is 0. The van der Waals surface area contributed by atoms with Crippen LogP contribution in [0.2, 0.25) is 0 Å². The molecule has 1 aromatic carbocycles. The molecule has 0 N–H and O–H groups in total. The molecule has 0 unspecified atom stereocenters. The molecule has 1 aromatic rings. The number of fused-ring (bicyclic) bond motifs is 1. The van der Waals surface area contributed by atoms with Gasteiger partial charge in [-0.15, -0.1) is 0 Å². The van der Waals surface area contributed by atoms with E-state index in [1.807, 2.05) is 25.1 Å². The third kappa shape index (κ3) is 3.20. The number of rotatable bonds is 5. The van der Waals surface area contributed by atoms with Gasteiger partial charge in [0.25, 0.3) is 0 Å². The van der Waals surface area contributed by atoms with Crippen molar-refractivity contribution >= 4 is 17.4 Å². The molecule has 1 aliphatic rings. The molecule has 102 valence electrons. The molecule has 0 radical (unpaired) electrons. The maximum atomic E-state index is 12.2. The largest absolute Gasteiger partial charge is 0.382 e. The molecular formula is C15H19NO3. The number of Topliss-reactive ketones (excluding diaryl/α,β-unsaturated/α-hetero) is 1. The molecule has 1 amide bonds. The van der Waals surface area contributed by atoms with Gasteiger partial charge in [0, 0.05) is 38.2 Å². The van der Waals surface area contributed by atoms with Crippen molar-refractivity contribution < 1.29 is 14.3 Å². The molecule has 0 aromatic heterocycles. The number of para-hydroxylation sites is 1. The molecule has 2 rings (SSSR count). The zero-order chi connectivity index (χ0) is 13.7. The van der Waals surface area contributed by atoms with Crippen LogP contribution in [0.4, 0.5) is 5.69 Å². The van der Waals surface area contributed by atoms with Crippen LogP contribution in [0.25, 0.3) is 0 Å². The summed E-state index contributed by atoms with van der Waals surface area (Å²) in [6.45, 7) is 3.71. The van der Waals surface area contributed by atoms with Crippen LogP contribution in [0.15, 0.2) is 24.3 Å². The molecule has 1 heterocycles. The van der Waals surface area contributed by atoms with Gasteiger partial charge in [-0.2, -0.15) is 0 Å². The second kappa shape index (κ2) is 6.48. The molecule has 0 spiro atoms. The van der Waals surface area contributed by atoms with Crippen molar-refractivity contribution in [1.29, 1.82) is 0 Å². The predicted octanol–water partition coefficient (Wildman–Crippen LogP) is 2.42. The standard InChI is InChI=1S/C15H19NO3/c1-2-19-11-5-8-15(18)16-10-9-14(17)12-6-3-4-7-13(12)16/h3-4,6-7H,2,5,8-11H2,1H3. The van der Waals surface area contributed by atoms with Gasteiger partial charge < -0.3 is 9.64 Å². The highest BCUT2D eigenvalue weighted by atomic mass is 16.5. The molecule has 1 aliphatic heterocycles. The molecule has 4 nitrogen and oxygen atoms in total. The summed E-state index contributed by atoms with van der Waals surface area (Å²) >= 11 is 0. The average Bonchev–Trinajstić information content (AvgIpc) is 2.44. The normalized spacial score (nSPS) is 14.4. The Morgan fingerprint density at radius 3 is 2.95 bits per heavy atom. The van der Waals surface area contributed by atoms with Gasteiger partial charge in [-0.3, -0.25) is 9.59 Å². The zero-order valence-corrected chi connectivity index (χ0v) is 11.2. The Labute approximate surface area is 113 Å². The first-order chi connectivity index (χ1) is 9.24. The van der Waals surface area contributed by atoms with E-state index in [0.717, 1.165) is 12.1 Å². The highest BCUT2D eigenvalue weighted by molar-refractivity contribution is 6.08. The van der Waals surface area contributed by atoms with E-state index in [9.17, 15) is 9.59 Å². The third-order valence-electron chi connectivity index (χ3n) is 3.24. The molecule has 0 saturated carbocycles. The van der Waals surface area contributed by atoms with E-state index >= 15 is 0 Å². The molecule has 0 fully saturated rings. The van der Waals surface area contributed by atoms with Gasteiger partial charge in [-0.25, -0.2) is 0 Å². The summed E-state index contributed by atoms with van der Waals surface area (Å²) in [6.07, 6.45) is 1.59. The summed E-state index contributed by atoms with van der Waals surface area (Å²) in [5, 5.41) is 0. The molecular weight excluding hydrogens is 242 g/mol. The first-order valence-electron chi connectivity index (χ1n) is 6.74. The van der Waals surface area contributed by atoms with Crippen molar-refractivity contribution in [2.45, 2.75) is 26.2 Å². The zero-order valence-electron chi connectivity index (χ0n) is 11.2. The van der Waals surface area contributed by atoms with E-state index in [-0.39, 0.29) is 11.7 Å². The van der Waals surface area contributed by atoms with Crippen LogP contribution in [0, 0.1) is 0 Å². The lowest BCUT2D eigenvalue weighted by Crippen LogP contribution is -2.37. The number of anilines is 1. The molecule has 19 heavy (non-hydrogen) atoms. The lowest BCUT2D eigenvalue weighted by Gasteiger charge is -2.28. The number of ether oxygens (including phenoxy) is 1. The second-order valence-electron chi connectivity index (χ2n) is 4.54. The first-order valence-corrected chi connectivity index (χ1v) is 6.74. The van der Waals surface area contributed by atoms with Crippen molar-refractivity contribution in [3.63, 3.8) is 0 Å². The first kappa shape index (κ1) is 13.7. The molecule has 0 saturated heterocycles.